The zero-order chi connectivity index (χ0) is 58.0. The van der Waals surface area contributed by atoms with Crippen LogP contribution >= 0.6 is 15.6 Å². The lowest BCUT2D eigenvalue weighted by molar-refractivity contribution is -0.161. The van der Waals surface area contributed by atoms with Crippen molar-refractivity contribution < 1.29 is 80.2 Å². The third kappa shape index (κ3) is 52.2. The van der Waals surface area contributed by atoms with Gasteiger partial charge in [0.2, 0.25) is 0 Å². The topological polar surface area (TPSA) is 237 Å². The Hall–Kier alpha value is -1.94. The molecule has 6 atom stereocenters. The van der Waals surface area contributed by atoms with Crippen molar-refractivity contribution in [2.24, 2.45) is 11.8 Å². The number of phosphoric ester groups is 2. The SMILES string of the molecule is CCCCCCCCCCCCCCC(=O)OC[C@H](COP(=O)(O)OC[C@@H](O)COP(=O)(O)OC[C@@H](COC(=O)CCCCCCC)OC(=O)CCCCCCCCC(C)C)OC(=O)CCCCCCCCCCC(C)CC. The van der Waals surface area contributed by atoms with E-state index >= 15 is 0 Å². The van der Waals surface area contributed by atoms with E-state index in [4.69, 9.17) is 37.0 Å². The van der Waals surface area contributed by atoms with Gasteiger partial charge in [-0.05, 0) is 37.5 Å². The minimum atomic E-state index is -4.94. The van der Waals surface area contributed by atoms with Crippen LogP contribution in [0.3, 0.4) is 0 Å². The molecule has 0 amide bonds. The number of carbonyl (C=O) groups is 4. The Morgan fingerprint density at radius 3 is 0.974 bits per heavy atom. The Bertz CT molecular complexity index is 1550. The first-order valence-electron chi connectivity index (χ1n) is 31.0. The van der Waals surface area contributed by atoms with E-state index in [0.717, 1.165) is 102 Å². The van der Waals surface area contributed by atoms with Crippen molar-refractivity contribution in [2.45, 2.75) is 304 Å². The third-order valence-corrected chi connectivity index (χ3v) is 15.7. The average Bonchev–Trinajstić information content (AvgIpc) is 3.40. The van der Waals surface area contributed by atoms with Crippen LogP contribution in [0.4, 0.5) is 0 Å². The van der Waals surface area contributed by atoms with Crippen LogP contribution in [0.1, 0.15) is 286 Å². The summed E-state index contributed by atoms with van der Waals surface area (Å²) in [6.45, 7) is 9.27. The summed E-state index contributed by atoms with van der Waals surface area (Å²) in [5.41, 5.74) is 0. The van der Waals surface area contributed by atoms with Gasteiger partial charge in [-0.2, -0.15) is 0 Å². The summed E-state index contributed by atoms with van der Waals surface area (Å²) >= 11 is 0. The van der Waals surface area contributed by atoms with Crippen LogP contribution < -0.4 is 0 Å². The number of hydrogen-bond donors (Lipinski definition) is 3. The van der Waals surface area contributed by atoms with Crippen LogP contribution in [-0.4, -0.2) is 96.7 Å². The van der Waals surface area contributed by atoms with Gasteiger partial charge in [-0.1, -0.05) is 234 Å². The van der Waals surface area contributed by atoms with Crippen molar-refractivity contribution in [1.82, 2.24) is 0 Å². The summed E-state index contributed by atoms with van der Waals surface area (Å²) in [5, 5.41) is 10.5. The van der Waals surface area contributed by atoms with Crippen LogP contribution in [0.5, 0.6) is 0 Å². The van der Waals surface area contributed by atoms with Gasteiger partial charge < -0.3 is 33.8 Å². The first kappa shape index (κ1) is 76.1. The first-order chi connectivity index (χ1) is 37.4. The Morgan fingerprint density at radius 2 is 0.654 bits per heavy atom. The van der Waals surface area contributed by atoms with Gasteiger partial charge >= 0.3 is 39.5 Å². The van der Waals surface area contributed by atoms with Crippen LogP contribution in [0, 0.1) is 11.8 Å². The number of carbonyl (C=O) groups excluding carboxylic acids is 4. The van der Waals surface area contributed by atoms with E-state index in [9.17, 15) is 43.2 Å². The van der Waals surface area contributed by atoms with Crippen molar-refractivity contribution in [3.63, 3.8) is 0 Å². The molecule has 78 heavy (non-hydrogen) atoms. The molecule has 0 fully saturated rings. The summed E-state index contributed by atoms with van der Waals surface area (Å²) in [6, 6.07) is 0. The highest BCUT2D eigenvalue weighted by molar-refractivity contribution is 7.47. The lowest BCUT2D eigenvalue weighted by Crippen LogP contribution is -2.30. The molecule has 0 bridgehead atoms. The highest BCUT2D eigenvalue weighted by Crippen LogP contribution is 2.45. The summed E-state index contributed by atoms with van der Waals surface area (Å²) in [5.74, 6) is -0.717. The molecule has 462 valence electrons. The van der Waals surface area contributed by atoms with Crippen molar-refractivity contribution in [3.8, 4) is 0 Å². The van der Waals surface area contributed by atoms with Gasteiger partial charge in [0.25, 0.3) is 0 Å². The number of ether oxygens (including phenoxy) is 4. The fraction of sp³-hybridized carbons (Fsp3) is 0.932. The van der Waals surface area contributed by atoms with Gasteiger partial charge in [-0.3, -0.25) is 37.3 Å². The molecule has 0 aliphatic carbocycles. The van der Waals surface area contributed by atoms with Crippen LogP contribution in [0.15, 0.2) is 0 Å². The Labute approximate surface area is 473 Å². The minimum absolute atomic E-state index is 0.101. The molecular formula is C59H114O17P2. The molecule has 17 nitrogen and oxygen atoms in total. The van der Waals surface area contributed by atoms with E-state index in [2.05, 4.69) is 41.5 Å². The third-order valence-electron chi connectivity index (χ3n) is 13.8. The fourth-order valence-corrected chi connectivity index (χ4v) is 10.2. The predicted molar refractivity (Wildman–Crippen MR) is 308 cm³/mol. The van der Waals surface area contributed by atoms with E-state index in [-0.39, 0.29) is 25.7 Å². The van der Waals surface area contributed by atoms with E-state index in [0.29, 0.717) is 31.6 Å². The Morgan fingerprint density at radius 1 is 0.372 bits per heavy atom. The van der Waals surface area contributed by atoms with Gasteiger partial charge in [-0.25, -0.2) is 9.13 Å². The van der Waals surface area contributed by atoms with E-state index in [1.165, 1.54) is 96.3 Å². The van der Waals surface area contributed by atoms with E-state index in [1.54, 1.807) is 0 Å². The molecule has 0 radical (unpaired) electrons. The number of aliphatic hydroxyl groups excluding tert-OH is 1. The second kappa shape index (κ2) is 51.9. The highest BCUT2D eigenvalue weighted by Gasteiger charge is 2.30. The number of phosphoric acid groups is 2. The van der Waals surface area contributed by atoms with E-state index < -0.39 is 97.5 Å². The molecule has 0 heterocycles. The highest BCUT2D eigenvalue weighted by atomic mass is 31.2. The molecule has 0 saturated carbocycles. The fourth-order valence-electron chi connectivity index (χ4n) is 8.61. The monoisotopic (exact) mass is 1160 g/mol. The van der Waals surface area contributed by atoms with Crippen LogP contribution in [0.2, 0.25) is 0 Å². The molecule has 3 N–H and O–H groups in total. The number of unbranched alkanes of at least 4 members (excludes halogenated alkanes) is 27. The van der Waals surface area contributed by atoms with Gasteiger partial charge in [-0.15, -0.1) is 0 Å². The zero-order valence-corrected chi connectivity index (χ0v) is 51.7. The van der Waals surface area contributed by atoms with Gasteiger partial charge in [0, 0.05) is 25.7 Å². The second-order valence-electron chi connectivity index (χ2n) is 22.1. The maximum absolute atomic E-state index is 12.9. The lowest BCUT2D eigenvalue weighted by atomic mass is 9.99. The molecule has 19 heteroatoms. The van der Waals surface area contributed by atoms with Gasteiger partial charge in [0.1, 0.15) is 19.3 Å². The molecule has 0 spiro atoms. The Kier molecular flexibility index (Phi) is 50.6. The quantitative estimate of drug-likeness (QED) is 0.0222. The molecule has 0 rings (SSSR count). The van der Waals surface area contributed by atoms with Crippen molar-refractivity contribution >= 4 is 39.5 Å². The standard InChI is InChI=1S/C59H114O17P2/c1-7-10-12-14-15-16-17-18-19-23-30-36-42-57(62)70-48-55(75-58(63)43-37-31-24-21-20-22-29-34-40-52(6)9-3)50-74-78(67,68)72-46-53(60)45-71-77(65,66)73-49-54(47-69-56(61)41-35-27-13-11-8-2)76-59(64)44-38-32-26-25-28-33-39-51(4)5/h51-55,60H,7-50H2,1-6H3,(H,65,66)(H,67,68)/t52?,53-,54+,55+/m0/s1. The van der Waals surface area contributed by atoms with Crippen molar-refractivity contribution in [3.05, 3.63) is 0 Å². The smallest absolute Gasteiger partial charge is 0.462 e. The zero-order valence-electron chi connectivity index (χ0n) is 50.0. The molecule has 3 unspecified atom stereocenters. The van der Waals surface area contributed by atoms with Crippen molar-refractivity contribution in [1.29, 1.82) is 0 Å². The summed E-state index contributed by atoms with van der Waals surface area (Å²) in [4.78, 5) is 71.7. The molecule has 0 aromatic carbocycles. The average molecular weight is 1160 g/mol. The maximum atomic E-state index is 12.9. The molecular weight excluding hydrogens is 1040 g/mol. The normalized spacial score (nSPS) is 14.8. The van der Waals surface area contributed by atoms with Crippen LogP contribution in [-0.2, 0) is 65.4 Å². The Balaban J connectivity index is 5.19. The summed E-state index contributed by atoms with van der Waals surface area (Å²) in [6.07, 6.45) is 32.5. The first-order valence-corrected chi connectivity index (χ1v) is 34.0. The molecule has 0 saturated heterocycles. The van der Waals surface area contributed by atoms with Crippen molar-refractivity contribution in [2.75, 3.05) is 39.6 Å². The van der Waals surface area contributed by atoms with E-state index in [1.807, 2.05) is 0 Å². The lowest BCUT2D eigenvalue weighted by Gasteiger charge is -2.21. The number of esters is 4. The summed E-state index contributed by atoms with van der Waals surface area (Å²) < 4.78 is 67.6. The second-order valence-corrected chi connectivity index (χ2v) is 25.0. The number of rotatable bonds is 58. The van der Waals surface area contributed by atoms with Crippen LogP contribution in [0.25, 0.3) is 0 Å². The maximum Gasteiger partial charge on any atom is 0.472 e. The van der Waals surface area contributed by atoms with Gasteiger partial charge in [0.15, 0.2) is 12.2 Å². The van der Waals surface area contributed by atoms with Gasteiger partial charge in [0.05, 0.1) is 26.4 Å². The molecule has 0 aliphatic rings. The molecule has 0 aromatic heterocycles. The molecule has 0 aliphatic heterocycles. The minimum Gasteiger partial charge on any atom is -0.462 e. The predicted octanol–water partition coefficient (Wildman–Crippen LogP) is 15.7. The number of hydrogen-bond acceptors (Lipinski definition) is 15. The molecule has 0 aromatic rings. The number of aliphatic hydroxyl groups is 1. The largest absolute Gasteiger partial charge is 0.472 e. The summed E-state index contributed by atoms with van der Waals surface area (Å²) in [7, 11) is -9.87.